The molecule has 6 nitrogen and oxygen atoms in total. The van der Waals surface area contributed by atoms with E-state index in [2.05, 4.69) is 6.07 Å². The molecule has 2 N–H and O–H groups in total. The molecule has 0 aliphatic carbocycles. The van der Waals surface area contributed by atoms with Crippen molar-refractivity contribution in [3.05, 3.63) is 113 Å². The second-order valence-electron chi connectivity index (χ2n) is 7.57. The Morgan fingerprint density at radius 3 is 2.06 bits per heavy atom. The first kappa shape index (κ1) is 21.5. The average molecular weight is 444 g/mol. The van der Waals surface area contributed by atoms with E-state index in [1.165, 1.54) is 12.1 Å². The average Bonchev–Trinajstić information content (AvgIpc) is 3.13. The number of carbonyl (C=O) groups is 1. The molecule has 0 bridgehead atoms. The van der Waals surface area contributed by atoms with Crippen molar-refractivity contribution in [2.24, 2.45) is 5.73 Å². The maximum atomic E-state index is 13.8. The van der Waals surface area contributed by atoms with E-state index < -0.39 is 27.9 Å². The molecular weight excluding hydrogens is 422 g/mol. The van der Waals surface area contributed by atoms with Crippen molar-refractivity contribution in [1.29, 1.82) is 5.26 Å². The van der Waals surface area contributed by atoms with Gasteiger partial charge in [0.1, 0.15) is 6.04 Å². The van der Waals surface area contributed by atoms with Crippen LogP contribution in [0.4, 0.5) is 0 Å². The fourth-order valence-corrected chi connectivity index (χ4v) is 5.65. The number of hydrogen-bond donors (Lipinski definition) is 1. The first-order chi connectivity index (χ1) is 15.4. The van der Waals surface area contributed by atoms with Gasteiger partial charge in [-0.3, -0.25) is 4.79 Å². The van der Waals surface area contributed by atoms with Gasteiger partial charge >= 0.3 is 0 Å². The van der Waals surface area contributed by atoms with Crippen molar-refractivity contribution in [3.8, 4) is 6.07 Å². The number of nitrogens with two attached hydrogens (primary N) is 1. The molecule has 0 amide bonds. The maximum Gasteiger partial charge on any atom is 0.245 e. The first-order valence-corrected chi connectivity index (χ1v) is 11.4. The van der Waals surface area contributed by atoms with Gasteiger partial charge in [0, 0.05) is 5.56 Å². The van der Waals surface area contributed by atoms with Crippen LogP contribution < -0.4 is 5.73 Å². The van der Waals surface area contributed by atoms with Crippen LogP contribution in [-0.4, -0.2) is 24.5 Å². The van der Waals surface area contributed by atoms with E-state index in [-0.39, 0.29) is 16.2 Å². The van der Waals surface area contributed by atoms with Gasteiger partial charge in [0.25, 0.3) is 0 Å². The van der Waals surface area contributed by atoms with E-state index in [1.807, 2.05) is 19.1 Å². The topological polar surface area (TPSA) is 104 Å². The lowest BCUT2D eigenvalue weighted by molar-refractivity contribution is 0.0918. The summed E-state index contributed by atoms with van der Waals surface area (Å²) in [7, 11) is -4.18. The predicted molar refractivity (Wildman–Crippen MR) is 121 cm³/mol. The zero-order valence-electron chi connectivity index (χ0n) is 17.3. The standard InChI is InChI=1S/C25H21N3O3S/c1-17-12-14-18(15-13-17)23-21(16-26)22(27)24(25(29)19-8-4-2-5-9-19)28(23)32(30,31)20-10-6-3-7-11-20/h2-15,23-24H,27H2,1H3. The molecule has 7 heteroatoms. The Bertz CT molecular complexity index is 1330. The van der Waals surface area contributed by atoms with Crippen LogP contribution in [0.5, 0.6) is 0 Å². The molecule has 3 aromatic carbocycles. The highest BCUT2D eigenvalue weighted by Gasteiger charge is 2.50. The molecule has 4 rings (SSSR count). The number of carbonyl (C=O) groups excluding carboxylic acids is 1. The van der Waals surface area contributed by atoms with Gasteiger partial charge in [0.15, 0.2) is 5.78 Å². The second-order valence-corrected chi connectivity index (χ2v) is 9.42. The lowest BCUT2D eigenvalue weighted by Gasteiger charge is -2.30. The molecule has 3 aromatic rings. The third kappa shape index (κ3) is 3.60. The summed E-state index contributed by atoms with van der Waals surface area (Å²) in [5.74, 6) is -0.482. The molecule has 0 spiro atoms. The van der Waals surface area contributed by atoms with Crippen LogP contribution in [0, 0.1) is 18.3 Å². The molecule has 160 valence electrons. The number of sulfonamides is 1. The highest BCUT2D eigenvalue weighted by atomic mass is 32.2. The van der Waals surface area contributed by atoms with E-state index in [1.54, 1.807) is 60.7 Å². The first-order valence-electron chi connectivity index (χ1n) is 10.0. The van der Waals surface area contributed by atoms with Crippen LogP contribution in [0.2, 0.25) is 0 Å². The molecule has 2 unspecified atom stereocenters. The molecule has 0 saturated heterocycles. The van der Waals surface area contributed by atoms with Crippen LogP contribution >= 0.6 is 0 Å². The van der Waals surface area contributed by atoms with Crippen LogP contribution in [0.15, 0.2) is 101 Å². The van der Waals surface area contributed by atoms with Crippen molar-refractivity contribution in [2.45, 2.75) is 23.9 Å². The quantitative estimate of drug-likeness (QED) is 0.605. The minimum atomic E-state index is -4.18. The Labute approximate surface area is 187 Å². The summed E-state index contributed by atoms with van der Waals surface area (Å²) in [4.78, 5) is 13.5. The monoisotopic (exact) mass is 443 g/mol. The summed E-state index contributed by atoms with van der Waals surface area (Å²) in [6.07, 6.45) is 0. The van der Waals surface area contributed by atoms with Crippen molar-refractivity contribution in [3.63, 3.8) is 0 Å². The van der Waals surface area contributed by atoms with E-state index in [0.717, 1.165) is 9.87 Å². The molecule has 1 aliphatic heterocycles. The maximum absolute atomic E-state index is 13.8. The van der Waals surface area contributed by atoms with Gasteiger partial charge in [-0.05, 0) is 24.6 Å². The summed E-state index contributed by atoms with van der Waals surface area (Å²) in [5, 5.41) is 9.93. The van der Waals surface area contributed by atoms with Gasteiger partial charge in [0.2, 0.25) is 10.0 Å². The Kier molecular flexibility index (Phi) is 5.66. The second kappa shape index (κ2) is 8.42. The lowest BCUT2D eigenvalue weighted by Crippen LogP contribution is -2.45. The number of hydrogen-bond acceptors (Lipinski definition) is 5. The molecule has 1 heterocycles. The van der Waals surface area contributed by atoms with E-state index >= 15 is 0 Å². The predicted octanol–water partition coefficient (Wildman–Crippen LogP) is 3.73. The SMILES string of the molecule is Cc1ccc(C2C(C#N)=C(N)C(C(=O)c3ccccc3)N2S(=O)(=O)c2ccccc2)cc1. The van der Waals surface area contributed by atoms with E-state index in [9.17, 15) is 18.5 Å². The smallest absolute Gasteiger partial charge is 0.245 e. The Morgan fingerprint density at radius 2 is 1.50 bits per heavy atom. The molecule has 0 radical (unpaired) electrons. The van der Waals surface area contributed by atoms with Gasteiger partial charge in [-0.15, -0.1) is 0 Å². The van der Waals surface area contributed by atoms with Gasteiger partial charge < -0.3 is 5.73 Å². The zero-order valence-corrected chi connectivity index (χ0v) is 18.2. The Hall–Kier alpha value is -3.73. The molecule has 32 heavy (non-hydrogen) atoms. The van der Waals surface area contributed by atoms with E-state index in [0.29, 0.717) is 11.1 Å². The number of rotatable bonds is 5. The van der Waals surface area contributed by atoms with E-state index in [4.69, 9.17) is 5.73 Å². The summed E-state index contributed by atoms with van der Waals surface area (Å²) in [6.45, 7) is 1.91. The minimum absolute atomic E-state index is 0.0231. The van der Waals surface area contributed by atoms with Crippen LogP contribution in [0.1, 0.15) is 27.5 Å². The lowest BCUT2D eigenvalue weighted by atomic mass is 9.99. The number of ketones is 1. The fourth-order valence-electron chi connectivity index (χ4n) is 3.92. The van der Waals surface area contributed by atoms with Crippen LogP contribution in [-0.2, 0) is 10.0 Å². The number of nitriles is 1. The third-order valence-corrected chi connectivity index (χ3v) is 7.37. The molecule has 2 atom stereocenters. The zero-order chi connectivity index (χ0) is 22.9. The van der Waals surface area contributed by atoms with Gasteiger partial charge in [-0.1, -0.05) is 78.4 Å². The van der Waals surface area contributed by atoms with Gasteiger partial charge in [-0.25, -0.2) is 8.42 Å². The third-order valence-electron chi connectivity index (χ3n) is 5.53. The fraction of sp³-hybridized carbons (Fsp3) is 0.120. The van der Waals surface area contributed by atoms with Crippen LogP contribution in [0.3, 0.4) is 0 Å². The highest BCUT2D eigenvalue weighted by molar-refractivity contribution is 7.89. The highest BCUT2D eigenvalue weighted by Crippen LogP contribution is 2.43. The number of nitrogens with zero attached hydrogens (tertiary/aromatic N) is 2. The summed E-state index contributed by atoms with van der Waals surface area (Å²) in [6, 6.07) is 23.1. The molecule has 0 fully saturated rings. The molecule has 0 saturated carbocycles. The molecule has 1 aliphatic rings. The normalized spacial score (nSPS) is 19.0. The van der Waals surface area contributed by atoms with Crippen LogP contribution in [0.25, 0.3) is 0 Å². The van der Waals surface area contributed by atoms with Crippen molar-refractivity contribution >= 4 is 15.8 Å². The van der Waals surface area contributed by atoms with Crippen molar-refractivity contribution in [1.82, 2.24) is 4.31 Å². The Morgan fingerprint density at radius 1 is 0.938 bits per heavy atom. The molecular formula is C25H21N3O3S. The molecule has 0 aromatic heterocycles. The van der Waals surface area contributed by atoms with Crippen molar-refractivity contribution < 1.29 is 13.2 Å². The van der Waals surface area contributed by atoms with Gasteiger partial charge in [0.05, 0.1) is 28.3 Å². The summed E-state index contributed by atoms with van der Waals surface area (Å²) < 4.78 is 28.7. The largest absolute Gasteiger partial charge is 0.399 e. The van der Waals surface area contributed by atoms with Crippen molar-refractivity contribution in [2.75, 3.05) is 0 Å². The summed E-state index contributed by atoms with van der Waals surface area (Å²) >= 11 is 0. The Balaban J connectivity index is 1.95. The number of aryl methyl sites for hydroxylation is 1. The van der Waals surface area contributed by atoms with Gasteiger partial charge in [-0.2, -0.15) is 9.57 Å². The number of benzene rings is 3. The summed E-state index contributed by atoms with van der Waals surface area (Å²) in [5.41, 5.74) is 8.20. The minimum Gasteiger partial charge on any atom is -0.399 e. The number of Topliss-reactive ketones (excluding diaryl/α,β-unsaturated/α-hetero) is 1.